The summed E-state index contributed by atoms with van der Waals surface area (Å²) in [6.07, 6.45) is 3.12. The van der Waals surface area contributed by atoms with Crippen molar-refractivity contribution in [1.29, 1.82) is 0 Å². The molecule has 0 aliphatic carbocycles. The maximum Gasteiger partial charge on any atom is 0.408 e. The number of hydroxylamine groups is 1. The predicted molar refractivity (Wildman–Crippen MR) is 160 cm³/mol. The van der Waals surface area contributed by atoms with Crippen LogP contribution < -0.4 is 15.5 Å². The molecule has 1 aliphatic rings. The van der Waals surface area contributed by atoms with E-state index in [1.807, 2.05) is 30.3 Å². The fourth-order valence-corrected chi connectivity index (χ4v) is 4.20. The van der Waals surface area contributed by atoms with Crippen LogP contribution in [0.1, 0.15) is 67.2 Å². The van der Waals surface area contributed by atoms with Crippen LogP contribution >= 0.6 is 0 Å². The summed E-state index contributed by atoms with van der Waals surface area (Å²) in [5.41, 5.74) is 4.26. The van der Waals surface area contributed by atoms with Crippen LogP contribution in [0.4, 0.5) is 4.79 Å². The molecule has 44 heavy (non-hydrogen) atoms. The summed E-state index contributed by atoms with van der Waals surface area (Å²) < 4.78 is 22.1. The summed E-state index contributed by atoms with van der Waals surface area (Å²) in [4.78, 5) is 47.8. The van der Waals surface area contributed by atoms with E-state index in [2.05, 4.69) is 15.8 Å². The van der Waals surface area contributed by atoms with Gasteiger partial charge in [-0.1, -0.05) is 42.5 Å². The van der Waals surface area contributed by atoms with Crippen LogP contribution in [0.15, 0.2) is 72.9 Å². The Morgan fingerprint density at radius 1 is 0.955 bits per heavy atom. The first-order valence-corrected chi connectivity index (χ1v) is 14.6. The average molecular weight is 606 g/mol. The quantitative estimate of drug-likeness (QED) is 0.215. The molecule has 0 radical (unpaired) electrons. The molecule has 0 bridgehead atoms. The number of nitrogens with zero attached hydrogens (tertiary/aromatic N) is 1. The molecule has 0 spiro atoms. The molecule has 4 rings (SSSR count). The zero-order valence-corrected chi connectivity index (χ0v) is 25.2. The number of carbonyl (C=O) groups excluding carboxylic acids is 3. The van der Waals surface area contributed by atoms with E-state index >= 15 is 0 Å². The van der Waals surface area contributed by atoms with Gasteiger partial charge < -0.3 is 24.3 Å². The first-order valence-electron chi connectivity index (χ1n) is 14.6. The Bertz CT molecular complexity index is 1350. The normalized spacial score (nSPS) is 15.5. The summed E-state index contributed by atoms with van der Waals surface area (Å²) in [6.45, 7) is 6.13. The number of hydrogen-bond donors (Lipinski definition) is 2. The Labute approximate surface area is 257 Å². The molecule has 2 heterocycles. The number of pyridine rings is 1. The van der Waals surface area contributed by atoms with Crippen molar-refractivity contribution in [2.24, 2.45) is 0 Å². The molecular formula is C33H39N3O8. The lowest BCUT2D eigenvalue weighted by molar-refractivity contribution is -0.186. The standard InChI is InChI=1S/C33H39N3O8/c1-33(2,3)43-32(39)35-28(19-26-16-17-27(20-34-26)41-21-23-9-5-4-6-10-23)31(38)42-22-24-12-14-25(15-13-24)30(37)36-44-29-11-7-8-18-40-29/h4-6,9-10,12-17,20,28-29H,7-8,11,18-19,21-22H2,1-3H3,(H,35,39)(H,36,37)/t28?,29-/m1/s1. The zero-order valence-electron chi connectivity index (χ0n) is 25.2. The minimum Gasteiger partial charge on any atom is -0.487 e. The fraction of sp³-hybridized carbons (Fsp3) is 0.394. The minimum atomic E-state index is -1.06. The Balaban J connectivity index is 1.32. The fourth-order valence-electron chi connectivity index (χ4n) is 4.20. The second kappa shape index (κ2) is 15.8. The van der Waals surface area contributed by atoms with E-state index in [0.717, 1.165) is 24.8 Å². The number of carbonyl (C=O) groups is 3. The molecule has 234 valence electrons. The van der Waals surface area contributed by atoms with Crippen LogP contribution in [0.5, 0.6) is 5.75 Å². The number of rotatable bonds is 12. The van der Waals surface area contributed by atoms with Crippen molar-refractivity contribution in [3.05, 3.63) is 95.3 Å². The minimum absolute atomic E-state index is 0.0701. The predicted octanol–water partition coefficient (Wildman–Crippen LogP) is 5.03. The summed E-state index contributed by atoms with van der Waals surface area (Å²) in [7, 11) is 0. The van der Waals surface area contributed by atoms with E-state index in [1.54, 1.807) is 63.4 Å². The molecule has 1 unspecified atom stereocenters. The van der Waals surface area contributed by atoms with Crippen LogP contribution in [-0.2, 0) is 43.5 Å². The van der Waals surface area contributed by atoms with Gasteiger partial charge in [0.25, 0.3) is 5.91 Å². The highest BCUT2D eigenvalue weighted by atomic mass is 16.8. The topological polar surface area (TPSA) is 134 Å². The average Bonchev–Trinajstić information content (AvgIpc) is 3.02. The highest BCUT2D eigenvalue weighted by Gasteiger charge is 2.26. The third kappa shape index (κ3) is 11.0. The summed E-state index contributed by atoms with van der Waals surface area (Å²) in [5, 5.41) is 2.60. The van der Waals surface area contributed by atoms with Gasteiger partial charge in [0.1, 0.15) is 30.6 Å². The third-order valence-corrected chi connectivity index (χ3v) is 6.45. The van der Waals surface area contributed by atoms with Gasteiger partial charge in [0.05, 0.1) is 6.20 Å². The van der Waals surface area contributed by atoms with Gasteiger partial charge in [-0.15, -0.1) is 0 Å². The smallest absolute Gasteiger partial charge is 0.408 e. The molecule has 1 aromatic heterocycles. The Kier molecular flexibility index (Phi) is 11.7. The maximum absolute atomic E-state index is 13.1. The molecule has 3 aromatic rings. The van der Waals surface area contributed by atoms with E-state index in [0.29, 0.717) is 35.8 Å². The van der Waals surface area contributed by atoms with E-state index in [-0.39, 0.29) is 13.0 Å². The van der Waals surface area contributed by atoms with Crippen molar-refractivity contribution in [1.82, 2.24) is 15.8 Å². The van der Waals surface area contributed by atoms with E-state index in [4.69, 9.17) is 23.8 Å². The Morgan fingerprint density at radius 3 is 2.36 bits per heavy atom. The van der Waals surface area contributed by atoms with E-state index in [1.165, 1.54) is 0 Å². The van der Waals surface area contributed by atoms with Crippen molar-refractivity contribution in [2.75, 3.05) is 6.61 Å². The van der Waals surface area contributed by atoms with Gasteiger partial charge in [0, 0.05) is 30.7 Å². The summed E-state index contributed by atoms with van der Waals surface area (Å²) >= 11 is 0. The van der Waals surface area contributed by atoms with Gasteiger partial charge in [-0.25, -0.2) is 19.9 Å². The lowest BCUT2D eigenvalue weighted by Crippen LogP contribution is -2.45. The lowest BCUT2D eigenvalue weighted by Gasteiger charge is -2.23. The van der Waals surface area contributed by atoms with E-state index < -0.39 is 35.9 Å². The number of ether oxygens (including phenoxy) is 4. The number of hydrogen-bond acceptors (Lipinski definition) is 9. The molecular weight excluding hydrogens is 566 g/mol. The first-order chi connectivity index (χ1) is 21.1. The number of amides is 2. The number of benzene rings is 2. The van der Waals surface area contributed by atoms with Crippen LogP contribution in [0.25, 0.3) is 0 Å². The van der Waals surface area contributed by atoms with Crippen molar-refractivity contribution in [3.63, 3.8) is 0 Å². The maximum atomic E-state index is 13.1. The number of esters is 1. The molecule has 1 aliphatic heterocycles. The molecule has 2 aromatic carbocycles. The number of alkyl carbamates (subject to hydrolysis) is 1. The number of nitrogens with one attached hydrogen (secondary N) is 2. The monoisotopic (exact) mass is 605 g/mol. The van der Waals surface area contributed by atoms with Crippen LogP contribution in [0.2, 0.25) is 0 Å². The van der Waals surface area contributed by atoms with Gasteiger partial charge >= 0.3 is 12.1 Å². The highest BCUT2D eigenvalue weighted by Crippen LogP contribution is 2.16. The van der Waals surface area contributed by atoms with Gasteiger partial charge in [-0.05, 0) is 69.0 Å². The Morgan fingerprint density at radius 2 is 1.70 bits per heavy atom. The second-order valence-electron chi connectivity index (χ2n) is 11.3. The second-order valence-corrected chi connectivity index (χ2v) is 11.3. The summed E-state index contributed by atoms with van der Waals surface area (Å²) in [6, 6.07) is 18.7. The lowest BCUT2D eigenvalue weighted by atomic mass is 10.1. The molecule has 1 fully saturated rings. The molecule has 1 saturated heterocycles. The molecule has 2 amide bonds. The van der Waals surface area contributed by atoms with Crippen LogP contribution in [0, 0.1) is 0 Å². The Hall–Kier alpha value is -4.48. The van der Waals surface area contributed by atoms with Crippen molar-refractivity contribution >= 4 is 18.0 Å². The van der Waals surface area contributed by atoms with Gasteiger partial charge in [-0.3, -0.25) is 9.78 Å². The first kappa shape index (κ1) is 32.4. The number of aromatic nitrogens is 1. The molecule has 2 atom stereocenters. The largest absolute Gasteiger partial charge is 0.487 e. The summed E-state index contributed by atoms with van der Waals surface area (Å²) in [5.74, 6) is -0.499. The highest BCUT2D eigenvalue weighted by molar-refractivity contribution is 5.93. The van der Waals surface area contributed by atoms with Gasteiger partial charge in [0.15, 0.2) is 6.29 Å². The third-order valence-electron chi connectivity index (χ3n) is 6.45. The SMILES string of the molecule is CC(C)(C)OC(=O)NC(Cc1ccc(OCc2ccccc2)cn1)C(=O)OCc1ccc(C(=O)NO[C@@H]2CCCCO2)cc1. The van der Waals surface area contributed by atoms with Crippen molar-refractivity contribution < 1.29 is 38.2 Å². The van der Waals surface area contributed by atoms with E-state index in [9.17, 15) is 14.4 Å². The molecule has 11 heteroatoms. The molecule has 2 N–H and O–H groups in total. The zero-order chi connectivity index (χ0) is 31.4. The van der Waals surface area contributed by atoms with Gasteiger partial charge in [0.2, 0.25) is 0 Å². The van der Waals surface area contributed by atoms with Crippen LogP contribution in [0.3, 0.4) is 0 Å². The molecule has 0 saturated carbocycles. The van der Waals surface area contributed by atoms with Crippen LogP contribution in [-0.4, -0.2) is 47.5 Å². The van der Waals surface area contributed by atoms with Crippen molar-refractivity contribution in [2.45, 2.75) is 77.6 Å². The van der Waals surface area contributed by atoms with Gasteiger partial charge in [-0.2, -0.15) is 0 Å². The van der Waals surface area contributed by atoms with Crippen molar-refractivity contribution in [3.8, 4) is 5.75 Å². The molecule has 11 nitrogen and oxygen atoms in total.